The highest BCUT2D eigenvalue weighted by molar-refractivity contribution is 7.89. The molecule has 0 aliphatic carbocycles. The molecule has 3 atom stereocenters. The molecule has 3 aromatic rings. The van der Waals surface area contributed by atoms with Gasteiger partial charge in [0.15, 0.2) is 5.52 Å². The van der Waals surface area contributed by atoms with E-state index in [2.05, 4.69) is 15.0 Å². The number of piperazine rings is 1. The van der Waals surface area contributed by atoms with Crippen molar-refractivity contribution in [1.82, 2.24) is 29.0 Å². The molecule has 1 fully saturated rings. The van der Waals surface area contributed by atoms with E-state index in [-0.39, 0.29) is 28.4 Å². The number of nitrogens with zero attached hydrogens (tertiary/aromatic N) is 5. The van der Waals surface area contributed by atoms with Crippen molar-refractivity contribution >= 4 is 27.0 Å². The zero-order valence-electron chi connectivity index (χ0n) is 24.6. The number of rotatable bonds is 8. The molecular formula is C27H40N6O7S. The van der Waals surface area contributed by atoms with Gasteiger partial charge in [-0.3, -0.25) is 14.4 Å². The van der Waals surface area contributed by atoms with E-state index >= 15 is 0 Å². The number of aryl methyl sites for hydroxylation is 2. The molecule has 1 saturated heterocycles. The zero-order chi connectivity index (χ0) is 30.6. The van der Waals surface area contributed by atoms with Crippen LogP contribution in [0.1, 0.15) is 46.7 Å². The number of aliphatic hydroxyl groups excluding tert-OH is 1. The minimum atomic E-state index is -3.76. The summed E-state index contributed by atoms with van der Waals surface area (Å²) in [6.45, 7) is 10.3. The highest BCUT2D eigenvalue weighted by Gasteiger charge is 2.35. The summed E-state index contributed by atoms with van der Waals surface area (Å²) in [6, 6.07) is 4.93. The SMILES string of the molecule is CC(O)C(=O)O.CCCc1nn(C)c2c(=O)[nH]c(-c3cc(S(=O)(=O)N4C[C@@H](C)N(C)[C@@H](C)C4)ccc3OCC)nc12. The highest BCUT2D eigenvalue weighted by Crippen LogP contribution is 2.33. The van der Waals surface area contributed by atoms with Gasteiger partial charge in [0.05, 0.1) is 22.8 Å². The van der Waals surface area contributed by atoms with Crippen LogP contribution in [-0.4, -0.2) is 98.5 Å². The summed E-state index contributed by atoms with van der Waals surface area (Å²) in [4.78, 5) is 32.3. The summed E-state index contributed by atoms with van der Waals surface area (Å²) in [5, 5.41) is 20.2. The van der Waals surface area contributed by atoms with Gasteiger partial charge in [-0.15, -0.1) is 0 Å². The molecule has 3 N–H and O–H groups in total. The van der Waals surface area contributed by atoms with Gasteiger partial charge in [0.2, 0.25) is 10.0 Å². The molecule has 0 amide bonds. The van der Waals surface area contributed by atoms with Crippen molar-refractivity contribution in [3.63, 3.8) is 0 Å². The van der Waals surface area contributed by atoms with Gasteiger partial charge in [-0.25, -0.2) is 18.2 Å². The molecule has 14 heteroatoms. The van der Waals surface area contributed by atoms with E-state index < -0.39 is 22.1 Å². The van der Waals surface area contributed by atoms with Crippen LogP contribution in [0.3, 0.4) is 0 Å². The van der Waals surface area contributed by atoms with Crippen LogP contribution < -0.4 is 10.3 Å². The second-order valence-electron chi connectivity index (χ2n) is 10.2. The lowest BCUT2D eigenvalue weighted by Crippen LogP contribution is -2.56. The van der Waals surface area contributed by atoms with E-state index in [4.69, 9.17) is 19.9 Å². The van der Waals surface area contributed by atoms with Crippen molar-refractivity contribution < 1.29 is 28.2 Å². The summed E-state index contributed by atoms with van der Waals surface area (Å²) in [5.41, 5.74) is 1.73. The number of carboxylic acids is 1. The van der Waals surface area contributed by atoms with Crippen molar-refractivity contribution in [3.05, 3.63) is 34.2 Å². The van der Waals surface area contributed by atoms with Crippen molar-refractivity contribution in [2.24, 2.45) is 7.05 Å². The first-order valence-corrected chi connectivity index (χ1v) is 15.0. The molecule has 0 bridgehead atoms. The monoisotopic (exact) mass is 592 g/mol. The van der Waals surface area contributed by atoms with Crippen LogP contribution in [0.25, 0.3) is 22.4 Å². The number of sulfonamides is 1. The topological polar surface area (TPSA) is 171 Å². The average Bonchev–Trinajstić information content (AvgIpc) is 3.23. The second-order valence-corrected chi connectivity index (χ2v) is 12.2. The molecule has 1 aliphatic rings. The Morgan fingerprint density at radius 1 is 1.20 bits per heavy atom. The first kappa shape index (κ1) is 32.2. The van der Waals surface area contributed by atoms with Gasteiger partial charge in [0.25, 0.3) is 5.56 Å². The Morgan fingerprint density at radius 3 is 2.34 bits per heavy atom. The minimum absolute atomic E-state index is 0.0960. The number of aromatic amines is 1. The smallest absolute Gasteiger partial charge is 0.332 e. The van der Waals surface area contributed by atoms with Gasteiger partial charge in [-0.1, -0.05) is 13.3 Å². The summed E-state index contributed by atoms with van der Waals surface area (Å²) < 4.78 is 36.1. The van der Waals surface area contributed by atoms with E-state index in [9.17, 15) is 18.0 Å². The van der Waals surface area contributed by atoms with E-state index in [0.717, 1.165) is 12.1 Å². The molecular weight excluding hydrogens is 552 g/mol. The van der Waals surface area contributed by atoms with E-state index in [1.54, 1.807) is 25.2 Å². The number of H-pyrrole nitrogens is 1. The maximum Gasteiger partial charge on any atom is 0.332 e. The fourth-order valence-corrected chi connectivity index (χ4v) is 6.25. The molecule has 1 aromatic carbocycles. The molecule has 0 saturated carbocycles. The molecule has 13 nitrogen and oxygen atoms in total. The van der Waals surface area contributed by atoms with Crippen molar-refractivity contribution in [2.45, 2.75) is 70.5 Å². The summed E-state index contributed by atoms with van der Waals surface area (Å²) in [5.74, 6) is -0.474. The number of hydrogen-bond donors (Lipinski definition) is 3. The molecule has 1 unspecified atom stereocenters. The predicted octanol–water partition coefficient (Wildman–Crippen LogP) is 1.84. The van der Waals surface area contributed by atoms with E-state index in [0.29, 0.717) is 48.5 Å². The average molecular weight is 593 g/mol. The Labute approximate surface area is 239 Å². The third kappa shape index (κ3) is 6.94. The molecule has 1 aliphatic heterocycles. The van der Waals surface area contributed by atoms with Crippen molar-refractivity contribution in [2.75, 3.05) is 26.7 Å². The molecule has 226 valence electrons. The normalized spacial score (nSPS) is 19.0. The van der Waals surface area contributed by atoms with Crippen LogP contribution in [0.2, 0.25) is 0 Å². The highest BCUT2D eigenvalue weighted by atomic mass is 32.2. The first-order chi connectivity index (χ1) is 19.2. The first-order valence-electron chi connectivity index (χ1n) is 13.6. The third-order valence-electron chi connectivity index (χ3n) is 7.08. The van der Waals surface area contributed by atoms with Crippen LogP contribution in [0.4, 0.5) is 0 Å². The Hall–Kier alpha value is -3.33. The van der Waals surface area contributed by atoms with Crippen molar-refractivity contribution in [1.29, 1.82) is 0 Å². The largest absolute Gasteiger partial charge is 0.493 e. The number of hydrogen-bond acceptors (Lipinski definition) is 9. The van der Waals surface area contributed by atoms with E-state index in [1.807, 2.05) is 34.7 Å². The lowest BCUT2D eigenvalue weighted by atomic mass is 10.1. The maximum atomic E-state index is 13.6. The van der Waals surface area contributed by atoms with Crippen LogP contribution in [-0.2, 0) is 28.3 Å². The van der Waals surface area contributed by atoms with Crippen LogP contribution in [0.5, 0.6) is 5.75 Å². The number of aromatic nitrogens is 4. The fourth-order valence-electron chi connectivity index (χ4n) is 4.62. The minimum Gasteiger partial charge on any atom is -0.493 e. The van der Waals surface area contributed by atoms with Crippen molar-refractivity contribution in [3.8, 4) is 17.1 Å². The maximum absolute atomic E-state index is 13.6. The number of aliphatic carboxylic acids is 1. The summed E-state index contributed by atoms with van der Waals surface area (Å²) in [6.07, 6.45) is 0.306. The van der Waals surface area contributed by atoms with Crippen LogP contribution in [0, 0.1) is 0 Å². The second kappa shape index (κ2) is 13.1. The fraction of sp³-hybridized carbons (Fsp3) is 0.556. The summed E-state index contributed by atoms with van der Waals surface area (Å²) in [7, 11) is -0.0351. The van der Waals surface area contributed by atoms with Gasteiger partial charge in [0, 0.05) is 32.2 Å². The van der Waals surface area contributed by atoms with Gasteiger partial charge >= 0.3 is 5.97 Å². The number of nitrogens with one attached hydrogen (secondary N) is 1. The van der Waals surface area contributed by atoms with Crippen LogP contribution >= 0.6 is 0 Å². The van der Waals surface area contributed by atoms with Gasteiger partial charge < -0.3 is 19.9 Å². The third-order valence-corrected chi connectivity index (χ3v) is 8.90. The van der Waals surface area contributed by atoms with Gasteiger partial charge in [-0.05, 0) is 59.4 Å². The number of carboxylic acid groups (broad SMARTS) is 1. The standard InChI is InChI=1S/C24H34N6O4S.C3H6O3/c1-7-9-19-21-22(29(6)27-19)24(31)26-23(25-21)18-12-17(10-11-20(18)34-8-2)35(32,33)30-13-15(3)28(5)16(4)14-30;1-2(4)3(5)6/h10-12,15-16H,7-9,13-14H2,1-6H3,(H,25,26,31);2,4H,1H3,(H,5,6)/t15-,16+;. The van der Waals surface area contributed by atoms with Gasteiger partial charge in [-0.2, -0.15) is 9.40 Å². The molecule has 0 spiro atoms. The Morgan fingerprint density at radius 2 is 1.80 bits per heavy atom. The molecule has 3 heterocycles. The Bertz CT molecular complexity index is 1540. The molecule has 0 radical (unpaired) electrons. The number of carbonyl (C=O) groups is 1. The quantitative estimate of drug-likeness (QED) is 0.351. The predicted molar refractivity (Wildman–Crippen MR) is 154 cm³/mol. The number of ether oxygens (including phenoxy) is 1. The molecule has 2 aromatic heterocycles. The number of aliphatic hydroxyl groups is 1. The molecule has 41 heavy (non-hydrogen) atoms. The van der Waals surface area contributed by atoms with Gasteiger partial charge in [0.1, 0.15) is 23.2 Å². The lowest BCUT2D eigenvalue weighted by molar-refractivity contribution is -0.145. The number of benzene rings is 1. The zero-order valence-corrected chi connectivity index (χ0v) is 25.4. The number of likely N-dealkylation sites (N-methyl/N-ethyl adjacent to an activating group) is 1. The Balaban J connectivity index is 0.000000696. The Kier molecular flexibility index (Phi) is 10.3. The summed E-state index contributed by atoms with van der Waals surface area (Å²) >= 11 is 0. The van der Waals surface area contributed by atoms with E-state index in [1.165, 1.54) is 15.9 Å². The van der Waals surface area contributed by atoms with Crippen LogP contribution in [0.15, 0.2) is 27.9 Å². The molecule has 4 rings (SSSR count). The lowest BCUT2D eigenvalue weighted by Gasteiger charge is -2.41. The number of fused-ring (bicyclic) bond motifs is 1.